The summed E-state index contributed by atoms with van der Waals surface area (Å²) in [4.78, 5) is 24.4. The number of hydrogen-bond donors (Lipinski definition) is 3. The van der Waals surface area contributed by atoms with Crippen LogP contribution in [0.1, 0.15) is 21.5 Å². The third-order valence-electron chi connectivity index (χ3n) is 4.68. The first-order chi connectivity index (χ1) is 15.7. The van der Waals surface area contributed by atoms with Crippen molar-refractivity contribution in [1.82, 2.24) is 10.9 Å². The van der Waals surface area contributed by atoms with Gasteiger partial charge in [-0.3, -0.25) is 25.2 Å². The average molecular weight is 472 g/mol. The van der Waals surface area contributed by atoms with Gasteiger partial charge in [0.05, 0.1) is 24.1 Å². The fourth-order valence-corrected chi connectivity index (χ4v) is 4.33. The molecule has 0 aromatic heterocycles. The first-order valence-corrected chi connectivity index (χ1v) is 11.3. The fourth-order valence-electron chi connectivity index (χ4n) is 2.99. The number of nitrogens with one attached hydrogen (secondary N) is 3. The van der Waals surface area contributed by atoms with E-state index in [1.807, 2.05) is 0 Å². The molecule has 0 aliphatic heterocycles. The number of carbonyl (C=O) groups excluding carboxylic acids is 2. The van der Waals surface area contributed by atoms with Gasteiger partial charge in [0, 0.05) is 5.56 Å². The van der Waals surface area contributed by atoms with E-state index in [0.717, 1.165) is 0 Å². The Labute approximate surface area is 190 Å². The van der Waals surface area contributed by atoms with Gasteiger partial charge in [-0.2, -0.15) is 0 Å². The first-order valence-electron chi connectivity index (χ1n) is 9.80. The second kappa shape index (κ2) is 10.1. The predicted molar refractivity (Wildman–Crippen MR) is 121 cm³/mol. The van der Waals surface area contributed by atoms with Gasteiger partial charge < -0.3 is 4.74 Å². The van der Waals surface area contributed by atoms with E-state index in [0.29, 0.717) is 16.9 Å². The molecule has 3 aromatic rings. The lowest BCUT2D eigenvalue weighted by atomic mass is 10.1. The van der Waals surface area contributed by atoms with E-state index < -0.39 is 27.7 Å². The van der Waals surface area contributed by atoms with Crippen molar-refractivity contribution in [3.05, 3.63) is 89.2 Å². The van der Waals surface area contributed by atoms with E-state index in [2.05, 4.69) is 15.6 Å². The molecule has 3 aromatic carbocycles. The quantitative estimate of drug-likeness (QED) is 0.459. The number of anilines is 1. The van der Waals surface area contributed by atoms with Crippen LogP contribution in [0, 0.1) is 12.7 Å². The van der Waals surface area contributed by atoms with Crippen molar-refractivity contribution in [2.45, 2.75) is 18.2 Å². The zero-order chi connectivity index (χ0) is 24.0. The Hall–Kier alpha value is -3.92. The second-order valence-corrected chi connectivity index (χ2v) is 8.74. The van der Waals surface area contributed by atoms with E-state index >= 15 is 0 Å². The van der Waals surface area contributed by atoms with Crippen LogP contribution in [0.25, 0.3) is 0 Å². The van der Waals surface area contributed by atoms with Crippen LogP contribution in [0.15, 0.2) is 71.6 Å². The molecule has 0 fully saturated rings. The number of halogens is 1. The number of aryl methyl sites for hydroxylation is 1. The first kappa shape index (κ1) is 23.7. The summed E-state index contributed by atoms with van der Waals surface area (Å²) in [6, 6.07) is 16.1. The number of carbonyl (C=O) groups is 2. The van der Waals surface area contributed by atoms with Gasteiger partial charge in [-0.25, -0.2) is 12.8 Å². The van der Waals surface area contributed by atoms with E-state index in [1.165, 1.54) is 49.6 Å². The summed E-state index contributed by atoms with van der Waals surface area (Å²) in [5, 5.41) is 0. The summed E-state index contributed by atoms with van der Waals surface area (Å²) < 4.78 is 46.5. The molecule has 0 saturated heterocycles. The second-order valence-electron chi connectivity index (χ2n) is 7.09. The zero-order valence-corrected chi connectivity index (χ0v) is 18.7. The van der Waals surface area contributed by atoms with Gasteiger partial charge in [-0.05, 0) is 54.4 Å². The largest absolute Gasteiger partial charge is 0.495 e. The summed E-state index contributed by atoms with van der Waals surface area (Å²) in [5.74, 6) is -1.29. The monoisotopic (exact) mass is 471 g/mol. The summed E-state index contributed by atoms with van der Waals surface area (Å²) in [6.45, 7) is 1.60. The molecule has 10 heteroatoms. The number of rotatable bonds is 7. The molecule has 3 rings (SSSR count). The van der Waals surface area contributed by atoms with E-state index in [1.54, 1.807) is 31.2 Å². The Balaban J connectivity index is 1.71. The Morgan fingerprint density at radius 3 is 2.36 bits per heavy atom. The van der Waals surface area contributed by atoms with Crippen molar-refractivity contribution in [2.75, 3.05) is 11.8 Å². The molecule has 8 nitrogen and oxygen atoms in total. The van der Waals surface area contributed by atoms with E-state index in [4.69, 9.17) is 4.74 Å². The highest BCUT2D eigenvalue weighted by Gasteiger charge is 2.21. The summed E-state index contributed by atoms with van der Waals surface area (Å²) in [7, 11) is -2.61. The third-order valence-corrected chi connectivity index (χ3v) is 6.19. The normalized spacial score (nSPS) is 10.9. The van der Waals surface area contributed by atoms with Crippen LogP contribution in [0.5, 0.6) is 5.75 Å². The molecule has 172 valence electrons. The molecular weight excluding hydrogens is 449 g/mol. The molecule has 0 aliphatic rings. The molecule has 0 heterocycles. The van der Waals surface area contributed by atoms with Crippen LogP contribution in [0.2, 0.25) is 0 Å². The topological polar surface area (TPSA) is 114 Å². The van der Waals surface area contributed by atoms with Gasteiger partial charge in [0.1, 0.15) is 11.6 Å². The number of benzene rings is 3. The maximum absolute atomic E-state index is 13.0. The highest BCUT2D eigenvalue weighted by atomic mass is 32.2. The lowest BCUT2D eigenvalue weighted by Gasteiger charge is -2.14. The molecule has 0 saturated carbocycles. The number of para-hydroxylation sites is 2. The number of hydrogen-bond acceptors (Lipinski definition) is 5. The van der Waals surface area contributed by atoms with Crippen LogP contribution in [-0.2, 0) is 21.2 Å². The molecule has 0 aliphatic carbocycles. The number of sulfonamides is 1. The molecular formula is C23H22FN3O5S. The van der Waals surface area contributed by atoms with Crippen molar-refractivity contribution in [1.29, 1.82) is 0 Å². The van der Waals surface area contributed by atoms with E-state index in [-0.39, 0.29) is 22.6 Å². The molecule has 33 heavy (non-hydrogen) atoms. The standard InChI is InChI=1S/C23H22FN3O5S/c1-15-7-10-17(23(29)26-25-22(28)13-16-8-11-18(24)12-9-16)14-21(15)33(30,31)27-19-5-3-4-6-20(19)32-2/h3-12,14,27H,13H2,1-2H3,(H,25,28)(H,26,29). The van der Waals surface area contributed by atoms with Gasteiger partial charge in [0.15, 0.2) is 0 Å². The molecule has 0 unspecified atom stereocenters. The molecule has 0 spiro atoms. The number of hydrazine groups is 1. The number of methoxy groups -OCH3 is 1. The van der Waals surface area contributed by atoms with Crippen LogP contribution < -0.4 is 20.3 Å². The highest BCUT2D eigenvalue weighted by Crippen LogP contribution is 2.27. The van der Waals surface area contributed by atoms with Gasteiger partial charge in [0.25, 0.3) is 15.9 Å². The SMILES string of the molecule is COc1ccccc1NS(=O)(=O)c1cc(C(=O)NNC(=O)Cc2ccc(F)cc2)ccc1C. The fraction of sp³-hybridized carbons (Fsp3) is 0.130. The third kappa shape index (κ3) is 6.07. The Kier molecular flexibility index (Phi) is 7.29. The predicted octanol–water partition coefficient (Wildman–Crippen LogP) is 2.95. The summed E-state index contributed by atoms with van der Waals surface area (Å²) in [6.07, 6.45) is -0.0725. The van der Waals surface area contributed by atoms with Gasteiger partial charge >= 0.3 is 0 Å². The average Bonchev–Trinajstić information content (AvgIpc) is 2.79. The maximum Gasteiger partial charge on any atom is 0.269 e. The summed E-state index contributed by atoms with van der Waals surface area (Å²) in [5.41, 5.74) is 5.78. The van der Waals surface area contributed by atoms with Gasteiger partial charge in [0.2, 0.25) is 5.91 Å². The van der Waals surface area contributed by atoms with Crippen molar-refractivity contribution in [2.24, 2.45) is 0 Å². The summed E-state index contributed by atoms with van der Waals surface area (Å²) >= 11 is 0. The number of ether oxygens (including phenoxy) is 1. The smallest absolute Gasteiger partial charge is 0.269 e. The Bertz CT molecular complexity index is 1280. The molecule has 0 radical (unpaired) electrons. The van der Waals surface area contributed by atoms with Crippen LogP contribution >= 0.6 is 0 Å². The van der Waals surface area contributed by atoms with Crippen molar-refractivity contribution in [3.8, 4) is 5.75 Å². The molecule has 2 amide bonds. The van der Waals surface area contributed by atoms with Crippen molar-refractivity contribution >= 4 is 27.5 Å². The highest BCUT2D eigenvalue weighted by molar-refractivity contribution is 7.92. The Morgan fingerprint density at radius 1 is 0.970 bits per heavy atom. The zero-order valence-electron chi connectivity index (χ0n) is 17.9. The lowest BCUT2D eigenvalue weighted by molar-refractivity contribution is -0.121. The van der Waals surface area contributed by atoms with E-state index in [9.17, 15) is 22.4 Å². The molecule has 3 N–H and O–H groups in total. The van der Waals surface area contributed by atoms with Crippen molar-refractivity contribution in [3.63, 3.8) is 0 Å². The minimum Gasteiger partial charge on any atom is -0.495 e. The van der Waals surface area contributed by atoms with Crippen LogP contribution in [0.3, 0.4) is 0 Å². The molecule has 0 atom stereocenters. The van der Waals surface area contributed by atoms with Gasteiger partial charge in [-0.1, -0.05) is 30.3 Å². The van der Waals surface area contributed by atoms with Gasteiger partial charge in [-0.15, -0.1) is 0 Å². The van der Waals surface area contributed by atoms with Crippen LogP contribution in [-0.4, -0.2) is 27.3 Å². The van der Waals surface area contributed by atoms with Crippen molar-refractivity contribution < 1.29 is 27.1 Å². The Morgan fingerprint density at radius 2 is 1.67 bits per heavy atom. The minimum atomic E-state index is -4.04. The molecule has 0 bridgehead atoms. The lowest BCUT2D eigenvalue weighted by Crippen LogP contribution is -2.42. The maximum atomic E-state index is 13.0. The minimum absolute atomic E-state index is 0.0306. The number of amides is 2. The van der Waals surface area contributed by atoms with Crippen LogP contribution in [0.4, 0.5) is 10.1 Å².